The number of urea groups is 1. The molecule has 2 heterocycles. The summed E-state index contributed by atoms with van der Waals surface area (Å²) in [6.45, 7) is 13.6. The van der Waals surface area contributed by atoms with Crippen LogP contribution in [0.1, 0.15) is 79.2 Å². The number of piperidine rings is 1. The van der Waals surface area contributed by atoms with E-state index in [4.69, 9.17) is 20.9 Å². The second kappa shape index (κ2) is 15.9. The molecule has 5 N–H and O–H groups in total. The number of ether oxygens (including phenoxy) is 2. The molecule has 0 radical (unpaired) electrons. The summed E-state index contributed by atoms with van der Waals surface area (Å²) in [5, 5.41) is 2.70. The Bertz CT molecular complexity index is 1200. The minimum Gasteiger partial charge on any atom is -0.494 e. The first-order chi connectivity index (χ1) is 21.1. The van der Waals surface area contributed by atoms with Crippen molar-refractivity contribution in [1.82, 2.24) is 15.1 Å². The Kier molecular flexibility index (Phi) is 12.6. The number of nitrogens with one attached hydrogen (secondary N) is 1. The van der Waals surface area contributed by atoms with E-state index in [0.717, 1.165) is 24.8 Å². The van der Waals surface area contributed by atoms with Crippen LogP contribution in [-0.4, -0.2) is 83.5 Å². The molecule has 2 saturated heterocycles. The molecular formula is C33H52N6O6. The molecule has 2 aliphatic rings. The predicted molar refractivity (Wildman–Crippen MR) is 173 cm³/mol. The van der Waals surface area contributed by atoms with Crippen molar-refractivity contribution < 1.29 is 28.7 Å². The molecule has 45 heavy (non-hydrogen) atoms. The molecule has 0 bridgehead atoms. The Labute approximate surface area is 267 Å². The molecule has 3 rings (SSSR count). The average molecular weight is 629 g/mol. The standard InChI is InChI=1S/C33H52N6O6/c1-21(2)28(34)37-31(42)38-17-13-24(14-18-38)22(3)15-19-44-25-11-9-23(10-12-25)20-26(36-32(43)45-33(4,5)6)30(41)39-16-7-8-27(39)29(35)40/h9-12,21-22,24,26-27H,7-8,13-20H2,1-6H3,(H2,35,40)(H,36,43)(H2,34,37,42)/t22-,26+,27+/m1/s1. The monoisotopic (exact) mass is 628 g/mol. The van der Waals surface area contributed by atoms with E-state index in [1.54, 1.807) is 25.7 Å². The van der Waals surface area contributed by atoms with E-state index in [-0.39, 0.29) is 24.3 Å². The molecule has 0 unspecified atom stereocenters. The number of hydrogen-bond acceptors (Lipinski definition) is 6. The van der Waals surface area contributed by atoms with Crippen molar-refractivity contribution in [2.75, 3.05) is 26.2 Å². The Morgan fingerprint density at radius 1 is 1.00 bits per heavy atom. The number of amides is 5. The minimum absolute atomic E-state index is 0.0439. The molecule has 2 fully saturated rings. The van der Waals surface area contributed by atoms with E-state index < -0.39 is 29.7 Å². The van der Waals surface area contributed by atoms with Crippen LogP contribution in [0.3, 0.4) is 0 Å². The summed E-state index contributed by atoms with van der Waals surface area (Å²) in [6.07, 6.45) is 3.42. The van der Waals surface area contributed by atoms with Crippen LogP contribution in [0.25, 0.3) is 0 Å². The van der Waals surface area contributed by atoms with Crippen molar-refractivity contribution in [2.24, 2.45) is 34.2 Å². The third-order valence-electron chi connectivity index (χ3n) is 8.49. The Morgan fingerprint density at radius 2 is 1.64 bits per heavy atom. The van der Waals surface area contributed by atoms with Gasteiger partial charge in [-0.05, 0) is 82.4 Å². The van der Waals surface area contributed by atoms with Gasteiger partial charge in [0.25, 0.3) is 0 Å². The number of nitrogens with zero attached hydrogens (tertiary/aromatic N) is 3. The number of likely N-dealkylation sites (tertiary alicyclic amines) is 2. The highest BCUT2D eigenvalue weighted by molar-refractivity contribution is 5.94. The molecule has 250 valence electrons. The van der Waals surface area contributed by atoms with Crippen LogP contribution < -0.4 is 21.5 Å². The van der Waals surface area contributed by atoms with Crippen molar-refractivity contribution in [3.05, 3.63) is 29.8 Å². The summed E-state index contributed by atoms with van der Waals surface area (Å²) in [4.78, 5) is 57.7. The van der Waals surface area contributed by atoms with Gasteiger partial charge < -0.3 is 36.1 Å². The van der Waals surface area contributed by atoms with Crippen LogP contribution in [0.4, 0.5) is 9.59 Å². The lowest BCUT2D eigenvalue weighted by Crippen LogP contribution is -2.54. The second-order valence-electron chi connectivity index (χ2n) is 13.6. The number of alkyl carbamates (subject to hydrolysis) is 1. The largest absolute Gasteiger partial charge is 0.494 e. The van der Waals surface area contributed by atoms with Crippen molar-refractivity contribution in [2.45, 2.75) is 97.8 Å². The molecule has 5 amide bonds. The molecule has 0 spiro atoms. The lowest BCUT2D eigenvalue weighted by molar-refractivity contribution is -0.139. The molecule has 12 nitrogen and oxygen atoms in total. The normalized spacial score (nSPS) is 19.3. The number of rotatable bonds is 11. The quantitative estimate of drug-likeness (QED) is 0.247. The van der Waals surface area contributed by atoms with Crippen molar-refractivity contribution in [1.29, 1.82) is 0 Å². The van der Waals surface area contributed by atoms with E-state index in [1.807, 2.05) is 38.1 Å². The molecule has 0 saturated carbocycles. The third-order valence-corrected chi connectivity index (χ3v) is 8.49. The Balaban J connectivity index is 1.52. The number of carbonyl (C=O) groups excluding carboxylic acids is 4. The van der Waals surface area contributed by atoms with E-state index in [1.165, 1.54) is 4.90 Å². The maximum Gasteiger partial charge on any atom is 0.408 e. The van der Waals surface area contributed by atoms with Crippen molar-refractivity contribution >= 4 is 29.8 Å². The Morgan fingerprint density at radius 3 is 2.22 bits per heavy atom. The summed E-state index contributed by atoms with van der Waals surface area (Å²) in [5.41, 5.74) is 11.5. The fraction of sp³-hybridized carbons (Fsp3) is 0.667. The average Bonchev–Trinajstić information content (AvgIpc) is 3.47. The van der Waals surface area contributed by atoms with E-state index in [9.17, 15) is 19.2 Å². The van der Waals surface area contributed by atoms with Crippen LogP contribution in [-0.2, 0) is 20.7 Å². The van der Waals surface area contributed by atoms with E-state index in [0.29, 0.717) is 62.5 Å². The van der Waals surface area contributed by atoms with Gasteiger partial charge in [0.1, 0.15) is 29.3 Å². The predicted octanol–water partition coefficient (Wildman–Crippen LogP) is 3.85. The second-order valence-corrected chi connectivity index (χ2v) is 13.6. The number of carbonyl (C=O) groups is 4. The van der Waals surface area contributed by atoms with Gasteiger partial charge in [-0.3, -0.25) is 9.59 Å². The lowest BCUT2D eigenvalue weighted by atomic mass is 9.84. The summed E-state index contributed by atoms with van der Waals surface area (Å²) >= 11 is 0. The zero-order valence-corrected chi connectivity index (χ0v) is 27.7. The van der Waals surface area contributed by atoms with Crippen LogP contribution >= 0.6 is 0 Å². The topological polar surface area (TPSA) is 170 Å². The molecule has 1 aromatic carbocycles. The molecule has 3 atom stereocenters. The van der Waals surface area contributed by atoms with Crippen LogP contribution in [0.2, 0.25) is 0 Å². The van der Waals surface area contributed by atoms with Gasteiger partial charge in [0, 0.05) is 32.0 Å². The summed E-state index contributed by atoms with van der Waals surface area (Å²) in [7, 11) is 0. The molecule has 2 aliphatic heterocycles. The first-order valence-corrected chi connectivity index (χ1v) is 16.1. The highest BCUT2D eigenvalue weighted by Gasteiger charge is 2.37. The number of primary amides is 1. The Hall–Kier alpha value is -3.83. The molecule has 0 aliphatic carbocycles. The van der Waals surface area contributed by atoms with Gasteiger partial charge in [-0.2, -0.15) is 4.99 Å². The van der Waals surface area contributed by atoms with E-state index >= 15 is 0 Å². The lowest BCUT2D eigenvalue weighted by Gasteiger charge is -2.34. The molecule has 12 heteroatoms. The third kappa shape index (κ3) is 10.9. The smallest absolute Gasteiger partial charge is 0.408 e. The van der Waals surface area contributed by atoms with Crippen LogP contribution in [0.15, 0.2) is 29.3 Å². The van der Waals surface area contributed by atoms with Gasteiger partial charge in [-0.15, -0.1) is 0 Å². The number of nitrogens with two attached hydrogens (primary N) is 2. The first kappa shape index (κ1) is 35.6. The van der Waals surface area contributed by atoms with E-state index in [2.05, 4.69) is 17.2 Å². The van der Waals surface area contributed by atoms with Gasteiger partial charge in [0.05, 0.1) is 6.61 Å². The zero-order chi connectivity index (χ0) is 33.3. The number of amidine groups is 1. The van der Waals surface area contributed by atoms with Gasteiger partial charge in [0.2, 0.25) is 11.8 Å². The number of hydrogen-bond donors (Lipinski definition) is 3. The fourth-order valence-electron chi connectivity index (χ4n) is 5.70. The maximum absolute atomic E-state index is 13.5. The summed E-state index contributed by atoms with van der Waals surface area (Å²) < 4.78 is 11.4. The summed E-state index contributed by atoms with van der Waals surface area (Å²) in [6, 6.07) is 5.58. The van der Waals surface area contributed by atoms with Gasteiger partial charge >= 0.3 is 12.1 Å². The van der Waals surface area contributed by atoms with Crippen LogP contribution in [0, 0.1) is 17.8 Å². The molecule has 0 aromatic heterocycles. The number of aliphatic imine (C=N–C) groups is 1. The molecular weight excluding hydrogens is 576 g/mol. The van der Waals surface area contributed by atoms with Gasteiger partial charge in [-0.25, -0.2) is 9.59 Å². The maximum atomic E-state index is 13.5. The highest BCUT2D eigenvalue weighted by atomic mass is 16.6. The fourth-order valence-corrected chi connectivity index (χ4v) is 5.70. The van der Waals surface area contributed by atoms with Gasteiger partial charge in [-0.1, -0.05) is 32.9 Å². The first-order valence-electron chi connectivity index (χ1n) is 16.1. The minimum atomic E-state index is -0.923. The number of benzene rings is 1. The highest BCUT2D eigenvalue weighted by Crippen LogP contribution is 2.28. The van der Waals surface area contributed by atoms with Crippen molar-refractivity contribution in [3.63, 3.8) is 0 Å². The van der Waals surface area contributed by atoms with Gasteiger partial charge in [0.15, 0.2) is 0 Å². The summed E-state index contributed by atoms with van der Waals surface area (Å²) in [5.74, 6) is 1.15. The van der Waals surface area contributed by atoms with Crippen molar-refractivity contribution in [3.8, 4) is 5.75 Å². The zero-order valence-electron chi connectivity index (χ0n) is 27.7. The SMILES string of the molecule is CC(C)C(N)=NC(=O)N1CCC([C@H](C)CCOc2ccc(C[C@H](NC(=O)OC(C)(C)C)C(=O)N3CCC[C@H]3C(N)=O)cc2)CC1. The van der Waals surface area contributed by atoms with Crippen LogP contribution in [0.5, 0.6) is 5.75 Å². The molecule has 1 aromatic rings.